The summed E-state index contributed by atoms with van der Waals surface area (Å²) in [5, 5.41) is 12.8. The fraction of sp³-hybridized carbons (Fsp3) is 0.222. The highest BCUT2D eigenvalue weighted by Gasteiger charge is 2.28. The molecule has 2 atom stereocenters. The Hall–Kier alpha value is -2.62. The van der Waals surface area contributed by atoms with Crippen LogP contribution >= 0.6 is 0 Å². The zero-order valence-electron chi connectivity index (χ0n) is 12.6. The number of ketones is 1. The Labute approximate surface area is 129 Å². The van der Waals surface area contributed by atoms with Crippen molar-refractivity contribution < 1.29 is 14.7 Å². The molecule has 22 heavy (non-hydrogen) atoms. The molecule has 0 aliphatic rings. The number of para-hydroxylation sites is 1. The zero-order valence-corrected chi connectivity index (χ0v) is 12.6. The van der Waals surface area contributed by atoms with Gasteiger partial charge in [-0.3, -0.25) is 9.59 Å². The monoisotopic (exact) mass is 297 g/mol. The molecule has 2 aromatic rings. The first-order chi connectivity index (χ1) is 10.5. The van der Waals surface area contributed by atoms with Gasteiger partial charge in [0.1, 0.15) is 5.75 Å². The number of hydrogen-bond acceptors (Lipinski definition) is 3. The molecule has 4 nitrogen and oxygen atoms in total. The van der Waals surface area contributed by atoms with Crippen LogP contribution in [0.5, 0.6) is 5.75 Å². The lowest BCUT2D eigenvalue weighted by atomic mass is 9.87. The normalized spacial score (nSPS) is 13.2. The summed E-state index contributed by atoms with van der Waals surface area (Å²) in [6, 6.07) is 15.1. The number of phenols is 1. The van der Waals surface area contributed by atoms with E-state index in [4.69, 9.17) is 0 Å². The van der Waals surface area contributed by atoms with Crippen molar-refractivity contribution in [3.63, 3.8) is 0 Å². The lowest BCUT2D eigenvalue weighted by Crippen LogP contribution is -2.34. The summed E-state index contributed by atoms with van der Waals surface area (Å²) in [6.07, 6.45) is 0. The van der Waals surface area contributed by atoms with Crippen LogP contribution < -0.4 is 5.32 Å². The van der Waals surface area contributed by atoms with Gasteiger partial charge in [0.15, 0.2) is 5.78 Å². The fourth-order valence-electron chi connectivity index (χ4n) is 2.46. The van der Waals surface area contributed by atoms with Crippen LogP contribution in [0, 0.1) is 5.92 Å². The molecule has 0 radical (unpaired) electrons. The summed E-state index contributed by atoms with van der Waals surface area (Å²) >= 11 is 0. The van der Waals surface area contributed by atoms with E-state index in [0.29, 0.717) is 11.1 Å². The van der Waals surface area contributed by atoms with Crippen LogP contribution in [-0.4, -0.2) is 16.8 Å². The van der Waals surface area contributed by atoms with Crippen LogP contribution in [0.4, 0.5) is 0 Å². The highest BCUT2D eigenvalue weighted by Crippen LogP contribution is 2.31. The van der Waals surface area contributed by atoms with Gasteiger partial charge < -0.3 is 10.4 Å². The molecule has 0 heterocycles. The molecule has 1 amide bonds. The number of rotatable bonds is 5. The van der Waals surface area contributed by atoms with Crippen LogP contribution in [0.1, 0.15) is 35.8 Å². The molecule has 2 N–H and O–H groups in total. The Balaban J connectivity index is 2.35. The van der Waals surface area contributed by atoms with Crippen molar-refractivity contribution in [1.82, 2.24) is 5.32 Å². The summed E-state index contributed by atoms with van der Waals surface area (Å²) < 4.78 is 0. The number of benzene rings is 2. The third-order valence-electron chi connectivity index (χ3n) is 3.60. The molecule has 0 saturated carbocycles. The molecule has 0 aliphatic heterocycles. The van der Waals surface area contributed by atoms with Crippen molar-refractivity contribution in [2.24, 2.45) is 5.92 Å². The van der Waals surface area contributed by atoms with Crippen molar-refractivity contribution in [1.29, 1.82) is 0 Å². The van der Waals surface area contributed by atoms with Crippen LogP contribution in [0.3, 0.4) is 0 Å². The molecule has 114 valence electrons. The Morgan fingerprint density at radius 2 is 1.59 bits per heavy atom. The largest absolute Gasteiger partial charge is 0.508 e. The van der Waals surface area contributed by atoms with Gasteiger partial charge in [-0.25, -0.2) is 0 Å². The maximum Gasteiger partial charge on any atom is 0.217 e. The summed E-state index contributed by atoms with van der Waals surface area (Å²) in [4.78, 5) is 24.1. The van der Waals surface area contributed by atoms with Crippen LogP contribution in [0.25, 0.3) is 0 Å². The number of nitrogens with one attached hydrogen (secondary N) is 1. The van der Waals surface area contributed by atoms with Gasteiger partial charge >= 0.3 is 0 Å². The zero-order chi connectivity index (χ0) is 16.1. The maximum absolute atomic E-state index is 12.6. The minimum atomic E-state index is -0.577. The van der Waals surface area contributed by atoms with E-state index in [-0.39, 0.29) is 17.4 Å². The molecule has 0 spiro atoms. The van der Waals surface area contributed by atoms with Gasteiger partial charge in [-0.1, -0.05) is 55.5 Å². The van der Waals surface area contributed by atoms with E-state index < -0.39 is 12.0 Å². The van der Waals surface area contributed by atoms with Gasteiger partial charge in [-0.05, 0) is 6.07 Å². The number of carbonyl (C=O) groups excluding carboxylic acids is 2. The molecule has 0 fully saturated rings. The minimum absolute atomic E-state index is 0.0639. The predicted molar refractivity (Wildman–Crippen MR) is 84.6 cm³/mol. The van der Waals surface area contributed by atoms with Crippen molar-refractivity contribution >= 4 is 11.7 Å². The molecule has 0 bridgehead atoms. The fourth-order valence-corrected chi connectivity index (χ4v) is 2.46. The molecule has 0 aliphatic carbocycles. The highest BCUT2D eigenvalue weighted by atomic mass is 16.3. The predicted octanol–water partition coefficient (Wildman–Crippen LogP) is 3.09. The molecule has 0 aromatic heterocycles. The molecule has 4 heteroatoms. The van der Waals surface area contributed by atoms with Crippen molar-refractivity contribution in [3.8, 4) is 5.75 Å². The Bertz CT molecular complexity index is 667. The molecule has 0 saturated heterocycles. The second-order valence-corrected chi connectivity index (χ2v) is 5.26. The van der Waals surface area contributed by atoms with E-state index in [0.717, 1.165) is 0 Å². The van der Waals surface area contributed by atoms with Crippen LogP contribution in [0.2, 0.25) is 0 Å². The second-order valence-electron chi connectivity index (χ2n) is 5.26. The van der Waals surface area contributed by atoms with Gasteiger partial charge in [0.2, 0.25) is 5.91 Å². The van der Waals surface area contributed by atoms with Crippen LogP contribution in [-0.2, 0) is 4.79 Å². The van der Waals surface area contributed by atoms with Gasteiger partial charge in [0.05, 0.1) is 6.04 Å². The van der Waals surface area contributed by atoms with E-state index in [2.05, 4.69) is 5.32 Å². The topological polar surface area (TPSA) is 66.4 Å². The van der Waals surface area contributed by atoms with E-state index in [1.807, 2.05) is 6.07 Å². The number of phenolic OH excluding ortho intramolecular Hbond substituents is 1. The first-order valence-corrected chi connectivity index (χ1v) is 7.15. The standard InChI is InChI=1S/C18H19NO3/c1-12(18(22)14-8-4-3-5-9-14)17(19-13(2)20)15-10-6-7-11-16(15)21/h3-12,17,21H,1-2H3,(H,19,20)/t12-,17+/m1/s1. The Kier molecular flexibility index (Phi) is 4.94. The SMILES string of the molecule is CC(=O)N[C@H](c1ccccc1O)[C@@H](C)C(=O)c1ccccc1. The third-order valence-corrected chi connectivity index (χ3v) is 3.60. The molecule has 2 aromatic carbocycles. The van der Waals surface area contributed by atoms with Gasteiger partial charge in [-0.15, -0.1) is 0 Å². The molecular weight excluding hydrogens is 278 g/mol. The smallest absolute Gasteiger partial charge is 0.217 e. The Morgan fingerprint density at radius 1 is 1.00 bits per heavy atom. The molecule has 0 unspecified atom stereocenters. The minimum Gasteiger partial charge on any atom is -0.508 e. The lowest BCUT2D eigenvalue weighted by molar-refractivity contribution is -0.119. The number of carbonyl (C=O) groups is 2. The summed E-state index contributed by atoms with van der Waals surface area (Å²) in [6.45, 7) is 3.15. The average Bonchev–Trinajstić information content (AvgIpc) is 2.52. The van der Waals surface area contributed by atoms with E-state index in [9.17, 15) is 14.7 Å². The summed E-state index contributed by atoms with van der Waals surface area (Å²) in [5.74, 6) is -0.767. The van der Waals surface area contributed by atoms with Crippen molar-refractivity contribution in [2.45, 2.75) is 19.9 Å². The second kappa shape index (κ2) is 6.89. The maximum atomic E-state index is 12.6. The highest BCUT2D eigenvalue weighted by molar-refractivity contribution is 5.98. The van der Waals surface area contributed by atoms with E-state index >= 15 is 0 Å². The number of hydrogen-bond donors (Lipinski definition) is 2. The number of amides is 1. The van der Waals surface area contributed by atoms with Crippen molar-refractivity contribution in [3.05, 3.63) is 65.7 Å². The molecule has 2 rings (SSSR count). The first-order valence-electron chi connectivity index (χ1n) is 7.15. The average molecular weight is 297 g/mol. The van der Waals surface area contributed by atoms with E-state index in [1.165, 1.54) is 6.92 Å². The molecular formula is C18H19NO3. The van der Waals surface area contributed by atoms with Gasteiger partial charge in [-0.2, -0.15) is 0 Å². The van der Waals surface area contributed by atoms with Gasteiger partial charge in [0, 0.05) is 24.0 Å². The summed E-state index contributed by atoms with van der Waals surface area (Å²) in [7, 11) is 0. The first kappa shape index (κ1) is 15.8. The summed E-state index contributed by atoms with van der Waals surface area (Å²) in [5.41, 5.74) is 1.12. The Morgan fingerprint density at radius 3 is 2.18 bits per heavy atom. The number of Topliss-reactive ketones (excluding diaryl/α,β-unsaturated/α-hetero) is 1. The third kappa shape index (κ3) is 3.52. The lowest BCUT2D eigenvalue weighted by Gasteiger charge is -2.25. The van der Waals surface area contributed by atoms with Crippen LogP contribution in [0.15, 0.2) is 54.6 Å². The number of aromatic hydroxyl groups is 1. The van der Waals surface area contributed by atoms with Crippen molar-refractivity contribution in [2.75, 3.05) is 0 Å². The van der Waals surface area contributed by atoms with Gasteiger partial charge in [0.25, 0.3) is 0 Å². The quantitative estimate of drug-likeness (QED) is 0.833. The van der Waals surface area contributed by atoms with E-state index in [1.54, 1.807) is 55.5 Å².